The predicted molar refractivity (Wildman–Crippen MR) is 201 cm³/mol. The summed E-state index contributed by atoms with van der Waals surface area (Å²) in [6, 6.07) is 57.0. The van der Waals surface area contributed by atoms with Crippen LogP contribution in [-0.4, -0.2) is 15.0 Å². The van der Waals surface area contributed by atoms with Crippen molar-refractivity contribution in [2.45, 2.75) is 0 Å². The fraction of sp³-hybridized carbons (Fsp3) is 0. The number of para-hydroxylation sites is 1. The molecule has 8 aromatic carbocycles. The molecule has 0 radical (unpaired) electrons. The zero-order chi connectivity index (χ0) is 32.3. The fourth-order valence-corrected chi connectivity index (χ4v) is 7.23. The molecule has 0 saturated heterocycles. The first kappa shape index (κ1) is 27.5. The maximum atomic E-state index is 6.27. The molecule has 2 aromatic heterocycles. The standard InChI is InChI=1S/C45H27N3O/c1-2-12-29(13-3-1)38-26-30-15-5-7-18-33(30)39-27-31(24-25-34(38)39)43-46-44(35-20-10-16-28-14-4-6-17-32(28)35)48-45(47-43)37-21-11-23-41-42(37)36-19-8-9-22-40(36)49-41/h1-27H. The van der Waals surface area contributed by atoms with Crippen molar-refractivity contribution < 1.29 is 4.42 Å². The van der Waals surface area contributed by atoms with E-state index in [2.05, 4.69) is 133 Å². The number of benzene rings is 8. The summed E-state index contributed by atoms with van der Waals surface area (Å²) < 4.78 is 6.27. The summed E-state index contributed by atoms with van der Waals surface area (Å²) in [6.07, 6.45) is 0. The first-order chi connectivity index (χ1) is 24.3. The zero-order valence-corrected chi connectivity index (χ0v) is 26.3. The van der Waals surface area contributed by atoms with E-state index >= 15 is 0 Å². The van der Waals surface area contributed by atoms with Gasteiger partial charge in [-0.05, 0) is 67.7 Å². The average molecular weight is 626 g/mol. The number of aromatic nitrogens is 3. The van der Waals surface area contributed by atoms with Crippen molar-refractivity contribution in [2.75, 3.05) is 0 Å². The first-order valence-electron chi connectivity index (χ1n) is 16.4. The minimum atomic E-state index is 0.605. The highest BCUT2D eigenvalue weighted by Gasteiger charge is 2.19. The number of hydrogen-bond donors (Lipinski definition) is 0. The van der Waals surface area contributed by atoms with Crippen LogP contribution in [0.15, 0.2) is 168 Å². The number of nitrogens with zero attached hydrogens (tertiary/aromatic N) is 3. The number of rotatable bonds is 4. The minimum Gasteiger partial charge on any atom is -0.456 e. The molecule has 0 fully saturated rings. The van der Waals surface area contributed by atoms with E-state index in [1.165, 1.54) is 27.3 Å². The van der Waals surface area contributed by atoms with Gasteiger partial charge in [0.05, 0.1) is 0 Å². The molecule has 0 aliphatic rings. The third-order valence-electron chi connectivity index (χ3n) is 9.51. The molecule has 4 nitrogen and oxygen atoms in total. The molecular formula is C45H27N3O. The van der Waals surface area contributed by atoms with Crippen molar-refractivity contribution in [1.29, 1.82) is 0 Å². The Morgan fingerprint density at radius 3 is 1.84 bits per heavy atom. The van der Waals surface area contributed by atoms with Crippen LogP contribution in [0.25, 0.3) is 99.5 Å². The molecule has 49 heavy (non-hydrogen) atoms. The lowest BCUT2D eigenvalue weighted by Crippen LogP contribution is -2.01. The van der Waals surface area contributed by atoms with E-state index in [9.17, 15) is 0 Å². The van der Waals surface area contributed by atoms with Crippen LogP contribution in [0.3, 0.4) is 0 Å². The van der Waals surface area contributed by atoms with Crippen molar-refractivity contribution in [3.63, 3.8) is 0 Å². The van der Waals surface area contributed by atoms with Crippen molar-refractivity contribution in [1.82, 2.24) is 15.0 Å². The van der Waals surface area contributed by atoms with Crippen LogP contribution in [0.4, 0.5) is 0 Å². The van der Waals surface area contributed by atoms with Crippen LogP contribution in [0.1, 0.15) is 0 Å². The molecule has 0 unspecified atom stereocenters. The largest absolute Gasteiger partial charge is 0.456 e. The second kappa shape index (κ2) is 11.0. The highest BCUT2D eigenvalue weighted by molar-refractivity contribution is 6.15. The average Bonchev–Trinajstić information content (AvgIpc) is 3.56. The Morgan fingerprint density at radius 1 is 0.327 bits per heavy atom. The lowest BCUT2D eigenvalue weighted by Gasteiger charge is -2.14. The third-order valence-corrected chi connectivity index (χ3v) is 9.51. The van der Waals surface area contributed by atoms with E-state index in [-0.39, 0.29) is 0 Å². The fourth-order valence-electron chi connectivity index (χ4n) is 7.23. The summed E-state index contributed by atoms with van der Waals surface area (Å²) >= 11 is 0. The molecule has 10 aromatic rings. The molecule has 0 aliphatic carbocycles. The summed E-state index contributed by atoms with van der Waals surface area (Å²) in [5.74, 6) is 1.85. The van der Waals surface area contributed by atoms with Crippen molar-refractivity contribution in [3.05, 3.63) is 164 Å². The topological polar surface area (TPSA) is 51.8 Å². The van der Waals surface area contributed by atoms with Gasteiger partial charge in [0.15, 0.2) is 17.5 Å². The number of furan rings is 1. The van der Waals surface area contributed by atoms with E-state index in [0.29, 0.717) is 17.5 Å². The first-order valence-corrected chi connectivity index (χ1v) is 16.4. The van der Waals surface area contributed by atoms with E-state index in [0.717, 1.165) is 54.8 Å². The summed E-state index contributed by atoms with van der Waals surface area (Å²) in [5, 5.41) is 8.99. The van der Waals surface area contributed by atoms with Crippen LogP contribution in [0.2, 0.25) is 0 Å². The molecule has 0 aliphatic heterocycles. The second-order valence-electron chi connectivity index (χ2n) is 12.4. The molecule has 10 rings (SSSR count). The van der Waals surface area contributed by atoms with E-state index in [4.69, 9.17) is 19.4 Å². The van der Waals surface area contributed by atoms with Crippen LogP contribution >= 0.6 is 0 Å². The minimum absolute atomic E-state index is 0.605. The van der Waals surface area contributed by atoms with Gasteiger partial charge < -0.3 is 4.42 Å². The summed E-state index contributed by atoms with van der Waals surface area (Å²) in [6.45, 7) is 0. The quantitative estimate of drug-likeness (QED) is 0.183. The Balaban J connectivity index is 1.26. The normalized spacial score (nSPS) is 11.7. The Labute approximate surface area is 282 Å². The van der Waals surface area contributed by atoms with Crippen molar-refractivity contribution >= 4 is 54.3 Å². The van der Waals surface area contributed by atoms with Crippen molar-refractivity contribution in [3.8, 4) is 45.3 Å². The van der Waals surface area contributed by atoms with Gasteiger partial charge in [-0.25, -0.2) is 15.0 Å². The summed E-state index contributed by atoms with van der Waals surface area (Å²) in [7, 11) is 0. The lowest BCUT2D eigenvalue weighted by atomic mass is 9.92. The summed E-state index contributed by atoms with van der Waals surface area (Å²) in [5.41, 5.74) is 6.83. The highest BCUT2D eigenvalue weighted by atomic mass is 16.3. The molecule has 0 saturated carbocycles. The number of fused-ring (bicyclic) bond motifs is 7. The van der Waals surface area contributed by atoms with Crippen LogP contribution in [0.5, 0.6) is 0 Å². The predicted octanol–water partition coefficient (Wildman–Crippen LogP) is 11.9. The molecule has 228 valence electrons. The van der Waals surface area contributed by atoms with Gasteiger partial charge in [0.1, 0.15) is 11.2 Å². The molecule has 4 heteroatoms. The molecule has 0 N–H and O–H groups in total. The van der Waals surface area contributed by atoms with Crippen LogP contribution < -0.4 is 0 Å². The Hall–Kier alpha value is -6.65. The third kappa shape index (κ3) is 4.49. The smallest absolute Gasteiger partial charge is 0.164 e. The maximum Gasteiger partial charge on any atom is 0.164 e. The zero-order valence-electron chi connectivity index (χ0n) is 26.3. The van der Waals surface area contributed by atoms with E-state index < -0.39 is 0 Å². The SMILES string of the molecule is c1ccc(-c2cc3ccccc3c3cc(-c4nc(-c5cccc6ccccc56)nc(-c5cccc6oc7ccccc7c56)n4)ccc23)cc1. The van der Waals surface area contributed by atoms with E-state index in [1.807, 2.05) is 30.3 Å². The number of hydrogen-bond acceptors (Lipinski definition) is 4. The van der Waals surface area contributed by atoms with Crippen LogP contribution in [0, 0.1) is 0 Å². The van der Waals surface area contributed by atoms with Gasteiger partial charge in [0, 0.05) is 27.5 Å². The lowest BCUT2D eigenvalue weighted by molar-refractivity contribution is 0.669. The Bertz CT molecular complexity index is 2890. The molecule has 0 bridgehead atoms. The molecule has 2 heterocycles. The van der Waals surface area contributed by atoms with Gasteiger partial charge in [-0.1, -0.05) is 140 Å². The molecule has 0 atom stereocenters. The second-order valence-corrected chi connectivity index (χ2v) is 12.4. The van der Waals surface area contributed by atoms with Crippen LogP contribution in [-0.2, 0) is 0 Å². The monoisotopic (exact) mass is 625 g/mol. The van der Waals surface area contributed by atoms with Gasteiger partial charge in [-0.2, -0.15) is 0 Å². The highest BCUT2D eigenvalue weighted by Crippen LogP contribution is 2.39. The maximum absolute atomic E-state index is 6.27. The van der Waals surface area contributed by atoms with E-state index in [1.54, 1.807) is 0 Å². The van der Waals surface area contributed by atoms with Crippen molar-refractivity contribution in [2.24, 2.45) is 0 Å². The molecule has 0 amide bonds. The van der Waals surface area contributed by atoms with Gasteiger partial charge in [-0.15, -0.1) is 0 Å². The Morgan fingerprint density at radius 2 is 0.959 bits per heavy atom. The summed E-state index contributed by atoms with van der Waals surface area (Å²) in [4.78, 5) is 15.6. The van der Waals surface area contributed by atoms with Gasteiger partial charge in [-0.3, -0.25) is 0 Å². The van der Waals surface area contributed by atoms with Gasteiger partial charge in [0.2, 0.25) is 0 Å². The van der Waals surface area contributed by atoms with Gasteiger partial charge >= 0.3 is 0 Å². The molecule has 0 spiro atoms. The van der Waals surface area contributed by atoms with Gasteiger partial charge in [0.25, 0.3) is 0 Å². The molecular weight excluding hydrogens is 599 g/mol. The Kier molecular flexibility index (Phi) is 6.15.